The number of anilines is 1. The largest absolute Gasteiger partial charge is 0.329 e. The average molecular weight is 394 g/mol. The summed E-state index contributed by atoms with van der Waals surface area (Å²) in [6, 6.07) is 13.5. The van der Waals surface area contributed by atoms with Crippen LogP contribution in [-0.4, -0.2) is 32.7 Å². The molecule has 6 nitrogen and oxygen atoms in total. The Labute approximate surface area is 158 Å². The summed E-state index contributed by atoms with van der Waals surface area (Å²) in [7, 11) is -3.65. The third kappa shape index (κ3) is 5.57. The van der Waals surface area contributed by atoms with Crippen LogP contribution in [0.3, 0.4) is 0 Å². The zero-order valence-corrected chi connectivity index (χ0v) is 16.4. The second-order valence-electron chi connectivity index (χ2n) is 5.83. The summed E-state index contributed by atoms with van der Waals surface area (Å²) < 4.78 is 26.8. The second-order valence-corrected chi connectivity index (χ2v) is 9.22. The van der Waals surface area contributed by atoms with Crippen molar-refractivity contribution in [3.63, 3.8) is 0 Å². The predicted octanol–water partition coefficient (Wildman–Crippen LogP) is 2.68. The lowest BCUT2D eigenvalue weighted by molar-refractivity contribution is 0.102. The third-order valence-corrected chi connectivity index (χ3v) is 5.87. The van der Waals surface area contributed by atoms with Gasteiger partial charge in [-0.15, -0.1) is 11.8 Å². The molecule has 0 aliphatic carbocycles. The molecule has 0 atom stereocenters. The van der Waals surface area contributed by atoms with E-state index in [0.717, 1.165) is 4.90 Å². The maximum absolute atomic E-state index is 12.6. The normalized spacial score (nSPS) is 11.5. The number of hydrogen-bond donors (Lipinski definition) is 3. The summed E-state index contributed by atoms with van der Waals surface area (Å²) >= 11 is 1.60. The smallest absolute Gasteiger partial charge is 0.256 e. The van der Waals surface area contributed by atoms with Crippen molar-refractivity contribution in [1.82, 2.24) is 4.72 Å². The maximum Gasteiger partial charge on any atom is 0.256 e. The first-order valence-electron chi connectivity index (χ1n) is 8.20. The predicted molar refractivity (Wildman–Crippen MR) is 106 cm³/mol. The van der Waals surface area contributed by atoms with Crippen LogP contribution in [0.2, 0.25) is 0 Å². The highest BCUT2D eigenvalue weighted by Crippen LogP contribution is 2.27. The van der Waals surface area contributed by atoms with Gasteiger partial charge in [-0.05, 0) is 30.3 Å². The maximum atomic E-state index is 12.6. The molecule has 0 aliphatic heterocycles. The second kappa shape index (κ2) is 9.18. The fourth-order valence-corrected chi connectivity index (χ4v) is 4.27. The molecule has 0 bridgehead atoms. The molecule has 0 spiro atoms. The number of carbonyl (C=O) groups excluding carboxylic acids is 1. The minimum Gasteiger partial charge on any atom is -0.329 e. The van der Waals surface area contributed by atoms with Gasteiger partial charge in [-0.2, -0.15) is 0 Å². The molecular weight excluding hydrogens is 370 g/mol. The summed E-state index contributed by atoms with van der Waals surface area (Å²) in [5.41, 5.74) is 6.30. The van der Waals surface area contributed by atoms with Crippen molar-refractivity contribution in [1.29, 1.82) is 0 Å². The first-order chi connectivity index (χ1) is 12.3. The number of sulfonamides is 1. The summed E-state index contributed by atoms with van der Waals surface area (Å²) in [6.07, 6.45) is 0. The van der Waals surface area contributed by atoms with Crippen molar-refractivity contribution in [3.8, 4) is 0 Å². The lowest BCUT2D eigenvalue weighted by Crippen LogP contribution is -2.29. The van der Waals surface area contributed by atoms with E-state index in [0.29, 0.717) is 16.5 Å². The molecule has 2 aromatic carbocycles. The van der Waals surface area contributed by atoms with E-state index in [1.165, 1.54) is 12.1 Å². The van der Waals surface area contributed by atoms with Crippen LogP contribution in [-0.2, 0) is 10.0 Å². The van der Waals surface area contributed by atoms with Crippen LogP contribution < -0.4 is 15.8 Å². The molecule has 0 unspecified atom stereocenters. The zero-order valence-electron chi connectivity index (χ0n) is 14.7. The molecule has 0 aliphatic rings. The molecule has 1 amide bonds. The Morgan fingerprint density at radius 2 is 1.88 bits per heavy atom. The fraction of sp³-hybridized carbons (Fsp3) is 0.278. The Bertz CT molecular complexity index is 867. The minimum atomic E-state index is -3.65. The summed E-state index contributed by atoms with van der Waals surface area (Å²) in [5.74, 6) is -0.279. The van der Waals surface area contributed by atoms with Gasteiger partial charge in [-0.1, -0.05) is 32.0 Å². The van der Waals surface area contributed by atoms with Crippen LogP contribution in [0.25, 0.3) is 0 Å². The fourth-order valence-electron chi connectivity index (χ4n) is 2.23. The van der Waals surface area contributed by atoms with Gasteiger partial charge in [0, 0.05) is 28.9 Å². The van der Waals surface area contributed by atoms with E-state index in [9.17, 15) is 13.2 Å². The first-order valence-corrected chi connectivity index (χ1v) is 10.6. The van der Waals surface area contributed by atoms with Gasteiger partial charge >= 0.3 is 0 Å². The Morgan fingerprint density at radius 3 is 2.58 bits per heavy atom. The summed E-state index contributed by atoms with van der Waals surface area (Å²) in [6.45, 7) is 4.47. The van der Waals surface area contributed by atoms with Crippen LogP contribution in [0.1, 0.15) is 24.2 Å². The zero-order chi connectivity index (χ0) is 19.2. The molecule has 2 rings (SSSR count). The molecule has 26 heavy (non-hydrogen) atoms. The topological polar surface area (TPSA) is 101 Å². The van der Waals surface area contributed by atoms with E-state index in [1.807, 2.05) is 12.1 Å². The Balaban J connectivity index is 2.22. The molecule has 0 saturated carbocycles. The number of benzene rings is 2. The van der Waals surface area contributed by atoms with Crippen molar-refractivity contribution >= 4 is 33.4 Å². The highest BCUT2D eigenvalue weighted by Gasteiger charge is 2.16. The number of rotatable bonds is 8. The molecule has 140 valence electrons. The molecular formula is C18H23N3O3S2. The molecule has 0 radical (unpaired) electrons. The van der Waals surface area contributed by atoms with Crippen LogP contribution in [0.5, 0.6) is 0 Å². The molecule has 8 heteroatoms. The van der Waals surface area contributed by atoms with Gasteiger partial charge in [0.15, 0.2) is 0 Å². The van der Waals surface area contributed by atoms with Crippen LogP contribution in [0.4, 0.5) is 5.69 Å². The Hall–Kier alpha value is -1.87. The van der Waals surface area contributed by atoms with Gasteiger partial charge in [0.05, 0.1) is 10.5 Å². The molecule has 0 heterocycles. The van der Waals surface area contributed by atoms with Gasteiger partial charge in [0.1, 0.15) is 0 Å². The van der Waals surface area contributed by atoms with Gasteiger partial charge < -0.3 is 11.1 Å². The quantitative estimate of drug-likeness (QED) is 0.599. The van der Waals surface area contributed by atoms with Gasteiger partial charge in [-0.25, -0.2) is 13.1 Å². The molecule has 0 fully saturated rings. The standard InChI is InChI=1S/C18H23N3O3S2/c1-13(2)25-17-9-4-3-8-16(17)18(22)21-14-6-5-7-15(12-14)26(23,24)20-11-10-19/h3-9,12-13,20H,10-11,19H2,1-2H3,(H,21,22). The molecule has 4 N–H and O–H groups in total. The van der Waals surface area contributed by atoms with Crippen molar-refractivity contribution in [3.05, 3.63) is 54.1 Å². The van der Waals surface area contributed by atoms with E-state index < -0.39 is 10.0 Å². The van der Waals surface area contributed by atoms with Crippen molar-refractivity contribution in [2.24, 2.45) is 5.73 Å². The van der Waals surface area contributed by atoms with Crippen molar-refractivity contribution in [2.75, 3.05) is 18.4 Å². The number of thioether (sulfide) groups is 1. The van der Waals surface area contributed by atoms with E-state index >= 15 is 0 Å². The van der Waals surface area contributed by atoms with Crippen LogP contribution >= 0.6 is 11.8 Å². The lowest BCUT2D eigenvalue weighted by Gasteiger charge is -2.12. The molecule has 2 aromatic rings. The van der Waals surface area contributed by atoms with E-state index in [1.54, 1.807) is 36.0 Å². The van der Waals surface area contributed by atoms with E-state index in [4.69, 9.17) is 5.73 Å². The Kier molecular flexibility index (Phi) is 7.22. The monoisotopic (exact) mass is 393 g/mol. The van der Waals surface area contributed by atoms with E-state index in [-0.39, 0.29) is 23.9 Å². The van der Waals surface area contributed by atoms with Crippen LogP contribution in [0.15, 0.2) is 58.3 Å². The van der Waals surface area contributed by atoms with Crippen LogP contribution in [0, 0.1) is 0 Å². The van der Waals surface area contributed by atoms with Crippen molar-refractivity contribution < 1.29 is 13.2 Å². The average Bonchev–Trinajstić information content (AvgIpc) is 2.60. The van der Waals surface area contributed by atoms with Gasteiger partial charge in [0.2, 0.25) is 10.0 Å². The number of nitrogens with one attached hydrogen (secondary N) is 2. The van der Waals surface area contributed by atoms with Gasteiger partial charge in [0.25, 0.3) is 5.91 Å². The highest BCUT2D eigenvalue weighted by atomic mass is 32.2. The number of nitrogens with two attached hydrogens (primary N) is 1. The number of hydrogen-bond acceptors (Lipinski definition) is 5. The lowest BCUT2D eigenvalue weighted by atomic mass is 10.2. The third-order valence-electron chi connectivity index (χ3n) is 3.33. The van der Waals surface area contributed by atoms with Gasteiger partial charge in [-0.3, -0.25) is 4.79 Å². The number of amides is 1. The van der Waals surface area contributed by atoms with Crippen molar-refractivity contribution in [2.45, 2.75) is 28.9 Å². The summed E-state index contributed by atoms with van der Waals surface area (Å²) in [4.78, 5) is 13.6. The SMILES string of the molecule is CC(C)Sc1ccccc1C(=O)Nc1cccc(S(=O)(=O)NCCN)c1. The molecule has 0 aromatic heterocycles. The summed E-state index contributed by atoms with van der Waals surface area (Å²) in [5, 5.41) is 3.11. The highest BCUT2D eigenvalue weighted by molar-refractivity contribution is 8.00. The number of carbonyl (C=O) groups is 1. The van der Waals surface area contributed by atoms with E-state index in [2.05, 4.69) is 23.9 Å². The molecule has 0 saturated heterocycles. The first kappa shape index (κ1) is 20.4. The Morgan fingerprint density at radius 1 is 1.15 bits per heavy atom. The minimum absolute atomic E-state index is 0.0774.